The van der Waals surface area contributed by atoms with Crippen LogP contribution in [0.3, 0.4) is 0 Å². The molecule has 2 amide bonds. The van der Waals surface area contributed by atoms with Crippen LogP contribution in [0.1, 0.15) is 21.5 Å². The Bertz CT molecular complexity index is 1310. The number of benzene rings is 3. The van der Waals surface area contributed by atoms with Gasteiger partial charge in [-0.25, -0.2) is 5.43 Å². The number of halogens is 2. The van der Waals surface area contributed by atoms with Crippen LogP contribution in [0.15, 0.2) is 80.4 Å². The summed E-state index contributed by atoms with van der Waals surface area (Å²) in [5, 5.41) is 16.8. The predicted octanol–water partition coefficient (Wildman–Crippen LogP) is 4.91. The minimum absolute atomic E-state index is 0.0159. The lowest BCUT2D eigenvalue weighted by molar-refractivity contribution is -0.117. The van der Waals surface area contributed by atoms with Crippen molar-refractivity contribution in [1.82, 2.24) is 10.7 Å². The van der Waals surface area contributed by atoms with Gasteiger partial charge >= 0.3 is 0 Å². The normalized spacial score (nSPS) is 11.3. The number of nitrogens with one attached hydrogen (secondary N) is 2. The van der Waals surface area contributed by atoms with E-state index in [1.165, 1.54) is 13.3 Å². The highest BCUT2D eigenvalue weighted by atomic mass is 79.9. The molecule has 0 unspecified atom stereocenters. The zero-order valence-electron chi connectivity index (χ0n) is 19.8. The first-order chi connectivity index (χ1) is 17.2. The lowest BCUT2D eigenvalue weighted by atomic mass is 10.1. The minimum Gasteiger partial charge on any atom is -0.503 e. The third-order valence-corrected chi connectivity index (χ3v) is 7.17. The summed E-state index contributed by atoms with van der Waals surface area (Å²) >= 11 is 6.65. The molecule has 0 aliphatic carbocycles. The molecular weight excluding hydrogens is 592 g/mol. The van der Waals surface area contributed by atoms with E-state index in [0.29, 0.717) is 20.1 Å². The van der Waals surface area contributed by atoms with Crippen LogP contribution in [-0.2, 0) is 4.79 Å². The monoisotopic (exact) mass is 614 g/mol. The van der Waals surface area contributed by atoms with Crippen LogP contribution in [0.2, 0.25) is 0 Å². The van der Waals surface area contributed by atoms with Crippen molar-refractivity contribution in [2.45, 2.75) is 0 Å². The largest absolute Gasteiger partial charge is 0.503 e. The number of carbonyl (C=O) groups excluding carboxylic acids is 2. The van der Waals surface area contributed by atoms with Crippen LogP contribution in [0, 0.1) is 0 Å². The lowest BCUT2D eigenvalue weighted by Crippen LogP contribution is -2.32. The number of phenols is 1. The van der Waals surface area contributed by atoms with Gasteiger partial charge in [0.05, 0.1) is 17.8 Å². The van der Waals surface area contributed by atoms with E-state index in [-0.39, 0.29) is 17.2 Å². The highest BCUT2D eigenvalue weighted by molar-refractivity contribution is 9.13. The van der Waals surface area contributed by atoms with Gasteiger partial charge in [0.1, 0.15) is 5.70 Å². The maximum Gasteiger partial charge on any atom is 0.287 e. The second-order valence-electron chi connectivity index (χ2n) is 7.71. The number of nitrogens with zero attached hydrogens (tertiary/aromatic N) is 2. The summed E-state index contributed by atoms with van der Waals surface area (Å²) in [6, 6.07) is 17.7. The standard InChI is InChI=1S/C26H24Br2N4O4/c1-32(2)19-11-9-16(10-12-19)13-20(30-25(34)17-7-5-4-6-8-17)26(35)31-29-15-18-14-21(36-3)24(33)23(28)22(18)27/h4-15,33H,1-3H3,(H,30,34)(H,31,35). The molecule has 0 fully saturated rings. The molecule has 3 aromatic rings. The number of ether oxygens (including phenoxy) is 1. The van der Waals surface area contributed by atoms with E-state index in [4.69, 9.17) is 4.74 Å². The first-order valence-electron chi connectivity index (χ1n) is 10.6. The molecule has 0 aliphatic heterocycles. The van der Waals surface area contributed by atoms with E-state index >= 15 is 0 Å². The second kappa shape index (κ2) is 12.4. The fourth-order valence-electron chi connectivity index (χ4n) is 3.06. The number of anilines is 1. The second-order valence-corrected chi connectivity index (χ2v) is 9.29. The van der Waals surface area contributed by atoms with Crippen molar-refractivity contribution in [2.24, 2.45) is 5.10 Å². The highest BCUT2D eigenvalue weighted by Gasteiger charge is 2.16. The van der Waals surface area contributed by atoms with Crippen molar-refractivity contribution in [1.29, 1.82) is 0 Å². The van der Waals surface area contributed by atoms with Crippen LogP contribution < -0.4 is 20.4 Å². The van der Waals surface area contributed by atoms with Crippen LogP contribution in [0.4, 0.5) is 5.69 Å². The maximum absolute atomic E-state index is 13.0. The fraction of sp³-hybridized carbons (Fsp3) is 0.115. The number of aromatic hydroxyl groups is 1. The van der Waals surface area contributed by atoms with E-state index in [1.807, 2.05) is 43.3 Å². The summed E-state index contributed by atoms with van der Waals surface area (Å²) in [7, 11) is 5.29. The number of phenolic OH excluding ortho intramolecular Hbond substituents is 1. The maximum atomic E-state index is 13.0. The third kappa shape index (κ3) is 6.73. The number of rotatable bonds is 8. The number of methoxy groups -OCH3 is 1. The molecule has 0 aromatic heterocycles. The molecule has 10 heteroatoms. The van der Waals surface area contributed by atoms with Crippen molar-refractivity contribution < 1.29 is 19.4 Å². The molecule has 0 radical (unpaired) electrons. The predicted molar refractivity (Wildman–Crippen MR) is 148 cm³/mol. The van der Waals surface area contributed by atoms with Crippen LogP contribution in [0.5, 0.6) is 11.5 Å². The van der Waals surface area contributed by atoms with E-state index in [0.717, 1.165) is 11.3 Å². The Morgan fingerprint density at radius 3 is 2.31 bits per heavy atom. The summed E-state index contributed by atoms with van der Waals surface area (Å²) in [5.74, 6) is -0.886. The molecule has 0 spiro atoms. The summed E-state index contributed by atoms with van der Waals surface area (Å²) in [5.41, 5.74) is 5.12. The van der Waals surface area contributed by atoms with Crippen molar-refractivity contribution in [3.05, 3.63) is 92.0 Å². The Balaban J connectivity index is 1.86. The number of hydrogen-bond donors (Lipinski definition) is 3. The molecule has 3 N–H and O–H groups in total. The van der Waals surface area contributed by atoms with Crippen LogP contribution in [0.25, 0.3) is 6.08 Å². The molecule has 0 heterocycles. The molecule has 8 nitrogen and oxygen atoms in total. The van der Waals surface area contributed by atoms with Gasteiger partial charge < -0.3 is 20.1 Å². The number of hydrazone groups is 1. The Morgan fingerprint density at radius 1 is 1.03 bits per heavy atom. The van der Waals surface area contributed by atoms with Crippen LogP contribution in [-0.4, -0.2) is 44.3 Å². The molecule has 0 atom stereocenters. The molecule has 0 bridgehead atoms. The van der Waals surface area contributed by atoms with Crippen molar-refractivity contribution >= 4 is 61.7 Å². The molecule has 3 aromatic carbocycles. The van der Waals surface area contributed by atoms with Gasteiger partial charge in [0.25, 0.3) is 11.8 Å². The Hall–Kier alpha value is -3.63. The molecule has 3 rings (SSSR count). The molecule has 0 saturated carbocycles. The van der Waals surface area contributed by atoms with E-state index in [9.17, 15) is 14.7 Å². The zero-order valence-corrected chi connectivity index (χ0v) is 22.9. The SMILES string of the molecule is COc1cc(C=NNC(=O)C(=Cc2ccc(N(C)C)cc2)NC(=O)c2ccccc2)c(Br)c(Br)c1O. The van der Waals surface area contributed by atoms with Gasteiger partial charge in [-0.3, -0.25) is 9.59 Å². The van der Waals surface area contributed by atoms with E-state index in [1.54, 1.807) is 42.5 Å². The summed E-state index contributed by atoms with van der Waals surface area (Å²) in [6.07, 6.45) is 2.96. The van der Waals surface area contributed by atoms with Gasteiger partial charge in [0.15, 0.2) is 11.5 Å². The topological polar surface area (TPSA) is 103 Å². The Kier molecular flexibility index (Phi) is 9.26. The molecule has 36 heavy (non-hydrogen) atoms. The number of hydrogen-bond acceptors (Lipinski definition) is 6. The third-order valence-electron chi connectivity index (χ3n) is 5.01. The van der Waals surface area contributed by atoms with E-state index in [2.05, 4.69) is 47.7 Å². The van der Waals surface area contributed by atoms with Gasteiger partial charge in [-0.1, -0.05) is 30.3 Å². The highest BCUT2D eigenvalue weighted by Crippen LogP contribution is 2.41. The van der Waals surface area contributed by atoms with Gasteiger partial charge in [0.2, 0.25) is 0 Å². The van der Waals surface area contributed by atoms with Crippen LogP contribution >= 0.6 is 31.9 Å². The smallest absolute Gasteiger partial charge is 0.287 e. The first-order valence-corrected chi connectivity index (χ1v) is 12.2. The zero-order chi connectivity index (χ0) is 26.2. The molecule has 0 aliphatic rings. The molecule has 0 saturated heterocycles. The lowest BCUT2D eigenvalue weighted by Gasteiger charge is -2.13. The first kappa shape index (κ1) is 27.0. The van der Waals surface area contributed by atoms with Gasteiger partial charge in [-0.15, -0.1) is 0 Å². The average Bonchev–Trinajstić information content (AvgIpc) is 2.89. The Labute approximate surface area is 225 Å². The summed E-state index contributed by atoms with van der Waals surface area (Å²) in [6.45, 7) is 0. The van der Waals surface area contributed by atoms with Gasteiger partial charge in [0, 0.05) is 35.4 Å². The van der Waals surface area contributed by atoms with Crippen molar-refractivity contribution in [3.8, 4) is 11.5 Å². The number of amides is 2. The van der Waals surface area contributed by atoms with Gasteiger partial charge in [-0.05, 0) is 73.8 Å². The summed E-state index contributed by atoms with van der Waals surface area (Å²) in [4.78, 5) is 27.7. The van der Waals surface area contributed by atoms with Crippen molar-refractivity contribution in [3.63, 3.8) is 0 Å². The van der Waals surface area contributed by atoms with Gasteiger partial charge in [-0.2, -0.15) is 5.10 Å². The average molecular weight is 616 g/mol. The summed E-state index contributed by atoms with van der Waals surface area (Å²) < 4.78 is 6.06. The van der Waals surface area contributed by atoms with E-state index < -0.39 is 11.8 Å². The fourth-order valence-corrected chi connectivity index (χ4v) is 3.89. The quantitative estimate of drug-likeness (QED) is 0.190. The minimum atomic E-state index is -0.617. The molecule has 186 valence electrons. The Morgan fingerprint density at radius 2 is 1.69 bits per heavy atom. The van der Waals surface area contributed by atoms with Crippen molar-refractivity contribution in [2.75, 3.05) is 26.1 Å². The number of carbonyl (C=O) groups is 2. The molecular formula is C26H24Br2N4O4.